The lowest BCUT2D eigenvalue weighted by molar-refractivity contribution is 0.603. The Balaban J connectivity index is 2.19. The zero-order chi connectivity index (χ0) is 12.3. The van der Waals surface area contributed by atoms with E-state index in [-0.39, 0.29) is 9.34 Å². The van der Waals surface area contributed by atoms with Gasteiger partial charge in [-0.15, -0.1) is 11.3 Å². The third-order valence-corrected chi connectivity index (χ3v) is 5.43. The van der Waals surface area contributed by atoms with Gasteiger partial charge in [-0.05, 0) is 30.3 Å². The highest BCUT2D eigenvalue weighted by atomic mass is 32.2. The number of hydrogen-bond acceptors (Lipinski definition) is 8. The summed E-state index contributed by atoms with van der Waals surface area (Å²) in [4.78, 5) is 0.934. The van der Waals surface area contributed by atoms with Gasteiger partial charge >= 0.3 is 0 Å². The number of anilines is 1. The molecule has 0 amide bonds. The average Bonchev–Trinajstić information content (AvgIpc) is 2.88. The molecule has 92 valence electrons. The van der Waals surface area contributed by atoms with Crippen LogP contribution in [0.1, 0.15) is 4.88 Å². The zero-order valence-corrected chi connectivity index (χ0v) is 11.0. The van der Waals surface area contributed by atoms with Crippen LogP contribution in [0, 0.1) is 0 Å². The number of nitrogens with two attached hydrogens (primary N) is 1. The van der Waals surface area contributed by atoms with Crippen LogP contribution in [0.4, 0.5) is 5.13 Å². The van der Waals surface area contributed by atoms with E-state index in [0.717, 1.165) is 16.4 Å². The Bertz CT molecular complexity index is 576. The lowest BCUT2D eigenvalue weighted by Crippen LogP contribution is -2.11. The second kappa shape index (κ2) is 5.04. The molecule has 0 aliphatic heterocycles. The van der Waals surface area contributed by atoms with Gasteiger partial charge in [-0.2, -0.15) is 0 Å². The molecule has 17 heavy (non-hydrogen) atoms. The van der Waals surface area contributed by atoms with Crippen LogP contribution in [0.2, 0.25) is 0 Å². The molecule has 7 nitrogen and oxygen atoms in total. The average molecular weight is 291 g/mol. The molecule has 2 aromatic heterocycles. The maximum atomic E-state index is 11.9. The second-order valence-electron chi connectivity index (χ2n) is 3.03. The number of nitrogens with one attached hydrogen (secondary N) is 1. The summed E-state index contributed by atoms with van der Waals surface area (Å²) < 4.78 is 29.8. The maximum Gasteiger partial charge on any atom is 0.273 e. The van der Waals surface area contributed by atoms with Gasteiger partial charge in [0.2, 0.25) is 5.13 Å². The van der Waals surface area contributed by atoms with Gasteiger partial charge in [0.25, 0.3) is 10.0 Å². The molecular formula is C7H9N5O2S3. The number of aromatic nitrogens is 3. The topological polar surface area (TPSA) is 111 Å². The molecule has 0 aliphatic carbocycles. The van der Waals surface area contributed by atoms with Gasteiger partial charge in [-0.1, -0.05) is 9.59 Å². The van der Waals surface area contributed by atoms with Crippen molar-refractivity contribution in [3.63, 3.8) is 0 Å². The zero-order valence-electron chi connectivity index (χ0n) is 8.53. The van der Waals surface area contributed by atoms with Gasteiger partial charge in [0.05, 0.1) is 0 Å². The SMILES string of the molecule is NCCc1ccc(S(=O)(=O)Nc2nnns2)s1. The van der Waals surface area contributed by atoms with Crippen LogP contribution in [0.25, 0.3) is 0 Å². The van der Waals surface area contributed by atoms with Crippen molar-refractivity contribution in [1.82, 2.24) is 14.8 Å². The second-order valence-corrected chi connectivity index (χ2v) is 6.84. The Morgan fingerprint density at radius 1 is 1.41 bits per heavy atom. The van der Waals surface area contributed by atoms with Crippen molar-refractivity contribution < 1.29 is 8.42 Å². The Morgan fingerprint density at radius 2 is 2.24 bits per heavy atom. The maximum absolute atomic E-state index is 11.9. The first-order chi connectivity index (χ1) is 8.12. The Kier molecular flexibility index (Phi) is 3.66. The van der Waals surface area contributed by atoms with Gasteiger partial charge in [-0.3, -0.25) is 4.72 Å². The number of nitrogens with zero attached hydrogens (tertiary/aromatic N) is 3. The molecule has 0 radical (unpaired) electrons. The van der Waals surface area contributed by atoms with Crippen LogP contribution in [0.5, 0.6) is 0 Å². The molecule has 0 spiro atoms. The van der Waals surface area contributed by atoms with Gasteiger partial charge < -0.3 is 5.73 Å². The third-order valence-electron chi connectivity index (χ3n) is 1.81. The first kappa shape index (κ1) is 12.4. The summed E-state index contributed by atoms with van der Waals surface area (Å²) in [5.41, 5.74) is 5.41. The minimum Gasteiger partial charge on any atom is -0.330 e. The van der Waals surface area contributed by atoms with Gasteiger partial charge in [-0.25, -0.2) is 8.42 Å². The molecule has 2 aromatic rings. The number of rotatable bonds is 5. The van der Waals surface area contributed by atoms with E-state index in [1.165, 1.54) is 11.3 Å². The van der Waals surface area contributed by atoms with Gasteiger partial charge in [0.1, 0.15) is 4.21 Å². The molecule has 0 saturated heterocycles. The largest absolute Gasteiger partial charge is 0.330 e. The third kappa shape index (κ3) is 2.97. The van der Waals surface area contributed by atoms with Crippen LogP contribution in [0.3, 0.4) is 0 Å². The van der Waals surface area contributed by atoms with Gasteiger partial charge in [0, 0.05) is 16.4 Å². The van der Waals surface area contributed by atoms with Crippen molar-refractivity contribution in [2.75, 3.05) is 11.3 Å². The summed E-state index contributed by atoms with van der Waals surface area (Å²) in [5, 5.41) is 6.99. The molecule has 10 heteroatoms. The van der Waals surface area contributed by atoms with E-state index in [1.54, 1.807) is 12.1 Å². The monoisotopic (exact) mass is 291 g/mol. The van der Waals surface area contributed by atoms with Crippen molar-refractivity contribution in [2.45, 2.75) is 10.6 Å². The molecule has 0 fully saturated rings. The van der Waals surface area contributed by atoms with Crippen LogP contribution in [-0.4, -0.2) is 29.8 Å². The fourth-order valence-electron chi connectivity index (χ4n) is 1.12. The van der Waals surface area contributed by atoms with E-state index in [0.29, 0.717) is 13.0 Å². The number of sulfonamides is 1. The molecule has 2 rings (SSSR count). The molecule has 2 heterocycles. The molecule has 3 N–H and O–H groups in total. The van der Waals surface area contributed by atoms with Crippen molar-refractivity contribution in [1.29, 1.82) is 0 Å². The van der Waals surface area contributed by atoms with Crippen molar-refractivity contribution >= 4 is 38.0 Å². The fraction of sp³-hybridized carbons (Fsp3) is 0.286. The molecular weight excluding hydrogens is 282 g/mol. The van der Waals surface area contributed by atoms with E-state index < -0.39 is 10.0 Å². The first-order valence-corrected chi connectivity index (χ1v) is 7.66. The Morgan fingerprint density at radius 3 is 2.88 bits per heavy atom. The highest BCUT2D eigenvalue weighted by Gasteiger charge is 2.18. The molecule has 0 unspecified atom stereocenters. The van der Waals surface area contributed by atoms with E-state index in [2.05, 4.69) is 19.5 Å². The standard InChI is InChI=1S/C7H9N5O2S3/c8-4-3-5-1-2-6(15-5)17(13,14)10-7-9-11-12-16-7/h1-2H,3-4,8H2,(H,9,10,12). The summed E-state index contributed by atoms with van der Waals surface area (Å²) >= 11 is 2.08. The smallest absolute Gasteiger partial charge is 0.273 e. The van der Waals surface area contributed by atoms with E-state index >= 15 is 0 Å². The van der Waals surface area contributed by atoms with Crippen LogP contribution in [-0.2, 0) is 16.4 Å². The minimum atomic E-state index is -3.59. The quantitative estimate of drug-likeness (QED) is 0.819. The molecule has 0 saturated carbocycles. The summed E-state index contributed by atoms with van der Waals surface area (Å²) in [6.45, 7) is 0.494. The summed E-state index contributed by atoms with van der Waals surface area (Å²) in [6.07, 6.45) is 0.667. The predicted molar refractivity (Wildman–Crippen MR) is 65.6 cm³/mol. The summed E-state index contributed by atoms with van der Waals surface area (Å²) in [7, 11) is -3.59. The lowest BCUT2D eigenvalue weighted by atomic mass is 10.3. The minimum absolute atomic E-state index is 0.152. The molecule has 0 aromatic carbocycles. The van der Waals surface area contributed by atoms with Crippen LogP contribution in [0.15, 0.2) is 16.3 Å². The van der Waals surface area contributed by atoms with E-state index in [4.69, 9.17) is 5.73 Å². The Labute approximate surface area is 106 Å². The van der Waals surface area contributed by atoms with Crippen LogP contribution >= 0.6 is 22.9 Å². The van der Waals surface area contributed by atoms with E-state index in [1.807, 2.05) is 0 Å². The van der Waals surface area contributed by atoms with Crippen molar-refractivity contribution in [3.8, 4) is 0 Å². The predicted octanol–water partition coefficient (Wildman–Crippen LogP) is 0.297. The van der Waals surface area contributed by atoms with Crippen LogP contribution < -0.4 is 10.5 Å². The fourth-order valence-corrected chi connectivity index (χ4v) is 4.07. The highest BCUT2D eigenvalue weighted by molar-refractivity contribution is 7.94. The van der Waals surface area contributed by atoms with E-state index in [9.17, 15) is 8.42 Å². The number of hydrogen-bond donors (Lipinski definition) is 2. The van der Waals surface area contributed by atoms with Crippen molar-refractivity contribution in [2.24, 2.45) is 5.73 Å². The number of thiophene rings is 1. The summed E-state index contributed by atoms with van der Waals surface area (Å²) in [5.74, 6) is 0. The first-order valence-electron chi connectivity index (χ1n) is 4.58. The lowest BCUT2D eigenvalue weighted by Gasteiger charge is -2.00. The van der Waals surface area contributed by atoms with Crippen molar-refractivity contribution in [3.05, 3.63) is 17.0 Å². The molecule has 0 bridgehead atoms. The Hall–Kier alpha value is -1.10. The highest BCUT2D eigenvalue weighted by Crippen LogP contribution is 2.24. The van der Waals surface area contributed by atoms with Gasteiger partial charge in [0.15, 0.2) is 0 Å². The molecule has 0 aliphatic rings. The normalized spacial score (nSPS) is 11.6. The summed E-state index contributed by atoms with van der Waals surface area (Å²) in [6, 6.07) is 3.30. The molecule has 0 atom stereocenters.